The van der Waals surface area contributed by atoms with Crippen molar-refractivity contribution in [3.63, 3.8) is 0 Å². The topological polar surface area (TPSA) is 59.3 Å². The Morgan fingerprint density at radius 3 is 2.85 bits per heavy atom. The molecule has 26 heavy (non-hydrogen) atoms. The van der Waals surface area contributed by atoms with E-state index in [-0.39, 0.29) is 18.1 Å². The summed E-state index contributed by atoms with van der Waals surface area (Å²) in [5, 5.41) is 0. The van der Waals surface area contributed by atoms with Gasteiger partial charge in [-0.05, 0) is 50.2 Å². The highest BCUT2D eigenvalue weighted by atomic mass is 17.3. The normalized spacial score (nSPS) is 50.3. The van der Waals surface area contributed by atoms with E-state index < -0.39 is 17.7 Å². The van der Waals surface area contributed by atoms with Crippen molar-refractivity contribution in [2.45, 2.75) is 77.0 Å². The molecule has 6 nitrogen and oxygen atoms in total. The summed E-state index contributed by atoms with van der Waals surface area (Å²) in [6.45, 7) is 6.85. The first-order chi connectivity index (χ1) is 12.5. The monoisotopic (exact) mass is 364 g/mol. The Bertz CT molecular complexity index is 647. The van der Waals surface area contributed by atoms with Crippen molar-refractivity contribution in [3.05, 3.63) is 24.2 Å². The minimum Gasteiger partial charge on any atom is -0.467 e. The van der Waals surface area contributed by atoms with E-state index in [0.717, 1.165) is 25.0 Å². The van der Waals surface area contributed by atoms with Crippen molar-refractivity contribution in [2.75, 3.05) is 0 Å². The van der Waals surface area contributed by atoms with Crippen LogP contribution < -0.4 is 0 Å². The van der Waals surface area contributed by atoms with Crippen LogP contribution in [-0.4, -0.2) is 24.0 Å². The number of rotatable bonds is 3. The fourth-order valence-corrected chi connectivity index (χ4v) is 5.62. The maximum atomic E-state index is 6.36. The van der Waals surface area contributed by atoms with Crippen LogP contribution in [0.2, 0.25) is 0 Å². The average molecular weight is 364 g/mol. The second-order valence-electron chi connectivity index (χ2n) is 8.66. The van der Waals surface area contributed by atoms with Crippen molar-refractivity contribution in [1.82, 2.24) is 0 Å². The van der Waals surface area contributed by atoms with E-state index in [1.54, 1.807) is 6.26 Å². The van der Waals surface area contributed by atoms with Gasteiger partial charge in [-0.1, -0.05) is 13.8 Å². The van der Waals surface area contributed by atoms with E-state index in [2.05, 4.69) is 13.8 Å². The van der Waals surface area contributed by atoms with Crippen LogP contribution in [0.5, 0.6) is 0 Å². The molecule has 3 unspecified atom stereocenters. The fraction of sp³-hybridized carbons (Fsp3) is 0.800. The second-order valence-corrected chi connectivity index (χ2v) is 8.66. The van der Waals surface area contributed by atoms with Crippen LogP contribution in [0.3, 0.4) is 0 Å². The molecule has 6 heteroatoms. The van der Waals surface area contributed by atoms with E-state index in [1.165, 1.54) is 6.42 Å². The molecule has 4 saturated heterocycles. The first kappa shape index (κ1) is 17.2. The summed E-state index contributed by atoms with van der Waals surface area (Å²) >= 11 is 0. The van der Waals surface area contributed by atoms with Gasteiger partial charge in [0.2, 0.25) is 5.79 Å². The molecule has 6 rings (SSSR count). The average Bonchev–Trinajstić information content (AvgIpc) is 3.04. The largest absolute Gasteiger partial charge is 0.467 e. The lowest BCUT2D eigenvalue weighted by Gasteiger charge is -2.60. The van der Waals surface area contributed by atoms with Crippen LogP contribution in [0.15, 0.2) is 22.8 Å². The van der Waals surface area contributed by atoms with Gasteiger partial charge in [-0.15, -0.1) is 0 Å². The number of fused-ring (bicyclic) bond motifs is 2. The molecule has 5 fully saturated rings. The Balaban J connectivity index is 1.45. The molecule has 5 heterocycles. The van der Waals surface area contributed by atoms with Crippen molar-refractivity contribution in [3.8, 4) is 0 Å². The zero-order valence-corrected chi connectivity index (χ0v) is 15.7. The summed E-state index contributed by atoms with van der Waals surface area (Å²) in [7, 11) is 0. The number of furan rings is 1. The van der Waals surface area contributed by atoms with Gasteiger partial charge in [0.15, 0.2) is 18.2 Å². The van der Waals surface area contributed by atoms with Crippen LogP contribution in [0, 0.1) is 23.7 Å². The van der Waals surface area contributed by atoms with Gasteiger partial charge in [0, 0.05) is 18.3 Å². The molecule has 1 aromatic rings. The summed E-state index contributed by atoms with van der Waals surface area (Å²) in [5.41, 5.74) is -0.530. The van der Waals surface area contributed by atoms with Gasteiger partial charge in [-0.3, -0.25) is 0 Å². The van der Waals surface area contributed by atoms with Gasteiger partial charge in [0.05, 0.1) is 6.26 Å². The second kappa shape index (κ2) is 6.04. The zero-order chi connectivity index (χ0) is 17.9. The number of hydrogen-bond acceptors (Lipinski definition) is 6. The van der Waals surface area contributed by atoms with Crippen LogP contribution in [0.1, 0.15) is 52.2 Å². The Hall–Kier alpha value is -0.920. The third kappa shape index (κ3) is 2.43. The number of ether oxygens (including phenoxy) is 3. The molecular weight excluding hydrogens is 336 g/mol. The summed E-state index contributed by atoms with van der Waals surface area (Å²) < 4.78 is 24.2. The van der Waals surface area contributed by atoms with Crippen molar-refractivity contribution in [1.29, 1.82) is 0 Å². The van der Waals surface area contributed by atoms with E-state index in [1.807, 2.05) is 19.1 Å². The molecule has 8 atom stereocenters. The molecule has 1 aliphatic carbocycles. The fourth-order valence-electron chi connectivity index (χ4n) is 5.62. The van der Waals surface area contributed by atoms with Crippen LogP contribution in [0.25, 0.3) is 0 Å². The first-order valence-corrected chi connectivity index (χ1v) is 9.86. The van der Waals surface area contributed by atoms with Crippen LogP contribution in [-0.2, 0) is 30.6 Å². The molecule has 144 valence electrons. The smallest absolute Gasteiger partial charge is 0.201 e. The third-order valence-electron chi connectivity index (χ3n) is 7.07. The van der Waals surface area contributed by atoms with Crippen LogP contribution in [0.4, 0.5) is 0 Å². The highest BCUT2D eigenvalue weighted by molar-refractivity contribution is 5.09. The SMILES string of the molecule is C[C@H]1C(OCc2ccco2)O[C@@H]2O[C@]3(C)CCC4[C@H](C)CCC1[C@]42OO3. The van der Waals surface area contributed by atoms with Crippen LogP contribution >= 0.6 is 0 Å². The van der Waals surface area contributed by atoms with Gasteiger partial charge >= 0.3 is 0 Å². The van der Waals surface area contributed by atoms with Gasteiger partial charge in [0.25, 0.3) is 0 Å². The lowest BCUT2D eigenvalue weighted by Crippen LogP contribution is -2.70. The molecule has 1 saturated carbocycles. The summed E-state index contributed by atoms with van der Waals surface area (Å²) in [6.07, 6.45) is 4.98. The lowest BCUT2D eigenvalue weighted by atomic mass is 9.58. The molecule has 1 spiro atoms. The molecule has 0 aromatic carbocycles. The first-order valence-electron chi connectivity index (χ1n) is 9.86. The molecule has 1 aromatic heterocycles. The minimum absolute atomic E-state index is 0.186. The van der Waals surface area contributed by atoms with E-state index in [4.69, 9.17) is 28.4 Å². The summed E-state index contributed by atoms with van der Waals surface area (Å²) in [5.74, 6) is 1.47. The Labute approximate surface area is 154 Å². The highest BCUT2D eigenvalue weighted by Gasteiger charge is 2.69. The molecule has 4 aliphatic heterocycles. The molecular formula is C20H28O6. The maximum absolute atomic E-state index is 6.36. The van der Waals surface area contributed by atoms with Gasteiger partial charge in [0.1, 0.15) is 12.4 Å². The van der Waals surface area contributed by atoms with Crippen molar-refractivity contribution in [2.24, 2.45) is 23.7 Å². The number of hydrogen-bond donors (Lipinski definition) is 0. The summed E-state index contributed by atoms with van der Waals surface area (Å²) in [6, 6.07) is 3.78. The highest BCUT2D eigenvalue weighted by Crippen LogP contribution is 2.60. The minimum atomic E-state index is -0.746. The Morgan fingerprint density at radius 2 is 2.04 bits per heavy atom. The molecule has 0 amide bonds. The quantitative estimate of drug-likeness (QED) is 0.756. The maximum Gasteiger partial charge on any atom is 0.201 e. The van der Waals surface area contributed by atoms with E-state index in [0.29, 0.717) is 18.4 Å². The van der Waals surface area contributed by atoms with E-state index in [9.17, 15) is 0 Å². The van der Waals surface area contributed by atoms with Gasteiger partial charge in [-0.2, -0.15) is 0 Å². The molecule has 0 N–H and O–H groups in total. The van der Waals surface area contributed by atoms with Crippen molar-refractivity contribution < 1.29 is 28.4 Å². The van der Waals surface area contributed by atoms with Crippen molar-refractivity contribution >= 4 is 0 Å². The van der Waals surface area contributed by atoms with E-state index >= 15 is 0 Å². The Morgan fingerprint density at radius 1 is 1.15 bits per heavy atom. The summed E-state index contributed by atoms with van der Waals surface area (Å²) in [4.78, 5) is 12.0. The zero-order valence-electron chi connectivity index (χ0n) is 15.7. The molecule has 5 aliphatic rings. The predicted octanol–water partition coefficient (Wildman–Crippen LogP) is 4.00. The third-order valence-corrected chi connectivity index (χ3v) is 7.07. The lowest BCUT2D eigenvalue weighted by molar-refractivity contribution is -0.577. The van der Waals surface area contributed by atoms with Gasteiger partial charge < -0.3 is 18.6 Å². The Kier molecular flexibility index (Phi) is 4.00. The molecule has 0 radical (unpaired) electrons. The molecule has 2 bridgehead atoms. The standard InChI is InChI=1S/C20H28O6/c1-12-6-7-16-13(2)17(22-11-14-5-4-10-21-14)23-18-20(16)15(12)8-9-19(3,24-18)25-26-20/h4-5,10,12-13,15-18H,6-9,11H2,1-3H3/t12-,13-,15?,16?,17?,18-,19+,20-/m1/s1. The van der Waals surface area contributed by atoms with Gasteiger partial charge in [-0.25, -0.2) is 9.78 Å². The predicted molar refractivity (Wildman–Crippen MR) is 90.3 cm³/mol.